The van der Waals surface area contributed by atoms with Gasteiger partial charge >= 0.3 is 0 Å². The van der Waals surface area contributed by atoms with Crippen LogP contribution in [0.15, 0.2) is 12.2 Å². The maximum absolute atomic E-state index is 12.2. The molecule has 1 N–H and O–H groups in total. The number of piperazine rings is 1. The fourth-order valence-electron chi connectivity index (χ4n) is 2.92. The summed E-state index contributed by atoms with van der Waals surface area (Å²) in [7, 11) is 0. The van der Waals surface area contributed by atoms with Gasteiger partial charge in [0.25, 0.3) is 0 Å². The molecule has 3 aliphatic rings. The predicted molar refractivity (Wildman–Crippen MR) is 66.7 cm³/mol. The van der Waals surface area contributed by atoms with E-state index in [4.69, 9.17) is 0 Å². The predicted octanol–water partition coefficient (Wildman–Crippen LogP) is 0.0686. The van der Waals surface area contributed by atoms with E-state index in [1.165, 1.54) is 0 Å². The van der Waals surface area contributed by atoms with Crippen LogP contribution in [0, 0.1) is 5.92 Å². The molecule has 0 aromatic heterocycles. The van der Waals surface area contributed by atoms with Crippen LogP contribution >= 0.6 is 0 Å². The minimum atomic E-state index is 0.243. The van der Waals surface area contributed by atoms with Gasteiger partial charge in [0.05, 0.1) is 0 Å². The van der Waals surface area contributed by atoms with Crippen LogP contribution in [0.1, 0.15) is 12.8 Å². The fourth-order valence-corrected chi connectivity index (χ4v) is 2.92. The summed E-state index contributed by atoms with van der Waals surface area (Å²) in [5, 5.41) is 3.31. The zero-order valence-electron chi connectivity index (χ0n) is 10.3. The van der Waals surface area contributed by atoms with Crippen LogP contribution in [0.3, 0.4) is 0 Å². The van der Waals surface area contributed by atoms with E-state index in [0.717, 1.165) is 58.2 Å². The highest BCUT2D eigenvalue weighted by atomic mass is 16.2. The number of rotatable bonds is 2. The lowest BCUT2D eigenvalue weighted by molar-refractivity contribution is -0.137. The van der Waals surface area contributed by atoms with Crippen molar-refractivity contribution in [3.05, 3.63) is 12.2 Å². The molecule has 0 radical (unpaired) electrons. The molecule has 17 heavy (non-hydrogen) atoms. The van der Waals surface area contributed by atoms with Crippen LogP contribution in [0.5, 0.6) is 0 Å². The van der Waals surface area contributed by atoms with Crippen LogP contribution in [0.25, 0.3) is 0 Å². The highest BCUT2D eigenvalue weighted by Gasteiger charge is 2.31. The molecule has 0 unspecified atom stereocenters. The summed E-state index contributed by atoms with van der Waals surface area (Å²) in [5.74, 6) is 0.619. The fraction of sp³-hybridized carbons (Fsp3) is 0.769. The number of carbonyl (C=O) groups excluding carboxylic acids is 1. The zero-order valence-corrected chi connectivity index (χ0v) is 10.3. The smallest absolute Gasteiger partial charge is 0.226 e. The molecule has 1 amide bonds. The Labute approximate surface area is 103 Å². The summed E-state index contributed by atoms with van der Waals surface area (Å²) in [5.41, 5.74) is 0. The van der Waals surface area contributed by atoms with Gasteiger partial charge < -0.3 is 10.2 Å². The highest BCUT2D eigenvalue weighted by molar-refractivity contribution is 5.79. The van der Waals surface area contributed by atoms with E-state index >= 15 is 0 Å². The summed E-state index contributed by atoms with van der Waals surface area (Å²) in [6.45, 7) is 6.20. The molecule has 2 saturated heterocycles. The van der Waals surface area contributed by atoms with E-state index in [0.29, 0.717) is 5.91 Å². The second kappa shape index (κ2) is 4.78. The average Bonchev–Trinajstić information content (AvgIpc) is 2.80. The summed E-state index contributed by atoms with van der Waals surface area (Å²) in [6.07, 6.45) is 6.18. The quantitative estimate of drug-likeness (QED) is 0.688. The molecule has 2 heterocycles. The minimum Gasteiger partial charge on any atom is -0.340 e. The van der Waals surface area contributed by atoms with Crippen molar-refractivity contribution >= 4 is 5.91 Å². The van der Waals surface area contributed by atoms with Crippen molar-refractivity contribution in [1.82, 2.24) is 15.1 Å². The van der Waals surface area contributed by atoms with Gasteiger partial charge in [0.2, 0.25) is 5.91 Å². The van der Waals surface area contributed by atoms with E-state index in [-0.39, 0.29) is 5.92 Å². The summed E-state index contributed by atoms with van der Waals surface area (Å²) in [6, 6.07) is 0.723. The SMILES string of the molecule is O=C(C1CC=CC1)N1CCN(C2CNC2)CC1. The number of carbonyl (C=O) groups is 1. The molecule has 4 nitrogen and oxygen atoms in total. The standard InChI is InChI=1S/C13H21N3O/c17-13(11-3-1-2-4-11)16-7-5-15(6-8-16)12-9-14-10-12/h1-2,11-12,14H,3-10H2. The van der Waals surface area contributed by atoms with E-state index in [1.807, 2.05) is 0 Å². The van der Waals surface area contributed by atoms with Crippen molar-refractivity contribution in [1.29, 1.82) is 0 Å². The third-order valence-electron chi connectivity index (χ3n) is 4.26. The normalized spacial score (nSPS) is 27.4. The topological polar surface area (TPSA) is 35.6 Å². The van der Waals surface area contributed by atoms with Gasteiger partial charge in [0, 0.05) is 51.2 Å². The number of nitrogens with one attached hydrogen (secondary N) is 1. The number of nitrogens with zero attached hydrogens (tertiary/aromatic N) is 2. The van der Waals surface area contributed by atoms with Crippen LogP contribution in [0.4, 0.5) is 0 Å². The lowest BCUT2D eigenvalue weighted by Crippen LogP contribution is -2.62. The van der Waals surface area contributed by atoms with Crippen molar-refractivity contribution in [3.8, 4) is 0 Å². The minimum absolute atomic E-state index is 0.243. The van der Waals surface area contributed by atoms with E-state index < -0.39 is 0 Å². The Morgan fingerprint density at radius 3 is 2.24 bits per heavy atom. The molecule has 4 heteroatoms. The molecule has 2 aliphatic heterocycles. The van der Waals surface area contributed by atoms with Crippen LogP contribution in [-0.2, 0) is 4.79 Å². The molecule has 3 rings (SSSR count). The molecule has 1 aliphatic carbocycles. The zero-order chi connectivity index (χ0) is 11.7. The van der Waals surface area contributed by atoms with Crippen molar-refractivity contribution in [2.75, 3.05) is 39.3 Å². The van der Waals surface area contributed by atoms with Gasteiger partial charge in [-0.05, 0) is 12.8 Å². The van der Waals surface area contributed by atoms with Crippen molar-refractivity contribution in [3.63, 3.8) is 0 Å². The van der Waals surface area contributed by atoms with Crippen molar-refractivity contribution in [2.45, 2.75) is 18.9 Å². The molecule has 0 atom stereocenters. The largest absolute Gasteiger partial charge is 0.340 e. The Morgan fingerprint density at radius 2 is 1.71 bits per heavy atom. The van der Waals surface area contributed by atoms with E-state index in [9.17, 15) is 4.79 Å². The Kier molecular flexibility index (Phi) is 3.16. The maximum Gasteiger partial charge on any atom is 0.226 e. The lowest BCUT2D eigenvalue weighted by Gasteiger charge is -2.43. The second-order valence-corrected chi connectivity index (χ2v) is 5.31. The van der Waals surface area contributed by atoms with Crippen molar-refractivity contribution in [2.24, 2.45) is 5.92 Å². The number of hydrogen-bond donors (Lipinski definition) is 1. The first-order chi connectivity index (χ1) is 8.34. The van der Waals surface area contributed by atoms with Gasteiger partial charge in [-0.3, -0.25) is 9.69 Å². The molecule has 0 bridgehead atoms. The molecular formula is C13H21N3O. The summed E-state index contributed by atoms with van der Waals surface area (Å²) < 4.78 is 0. The Hall–Kier alpha value is -0.870. The van der Waals surface area contributed by atoms with Gasteiger partial charge in [-0.1, -0.05) is 12.2 Å². The molecule has 0 spiro atoms. The number of hydrogen-bond acceptors (Lipinski definition) is 3. The Morgan fingerprint density at radius 1 is 1.06 bits per heavy atom. The lowest BCUT2D eigenvalue weighted by atomic mass is 10.0. The molecule has 0 aromatic rings. The van der Waals surface area contributed by atoms with Gasteiger partial charge in [0.1, 0.15) is 0 Å². The van der Waals surface area contributed by atoms with Gasteiger partial charge in [-0.15, -0.1) is 0 Å². The molecule has 0 saturated carbocycles. The van der Waals surface area contributed by atoms with E-state index in [1.54, 1.807) is 0 Å². The second-order valence-electron chi connectivity index (χ2n) is 5.31. The first kappa shape index (κ1) is 11.2. The number of allylic oxidation sites excluding steroid dienone is 2. The van der Waals surface area contributed by atoms with Crippen LogP contribution in [-0.4, -0.2) is 61.0 Å². The molecule has 0 aromatic carbocycles. The third kappa shape index (κ3) is 2.24. The van der Waals surface area contributed by atoms with Gasteiger partial charge in [0.15, 0.2) is 0 Å². The van der Waals surface area contributed by atoms with Crippen LogP contribution in [0.2, 0.25) is 0 Å². The number of amides is 1. The summed E-state index contributed by atoms with van der Waals surface area (Å²) in [4.78, 5) is 16.8. The van der Waals surface area contributed by atoms with Gasteiger partial charge in [-0.25, -0.2) is 0 Å². The monoisotopic (exact) mass is 235 g/mol. The molecule has 2 fully saturated rings. The first-order valence-corrected chi connectivity index (χ1v) is 6.73. The third-order valence-corrected chi connectivity index (χ3v) is 4.26. The Bertz CT molecular complexity index is 309. The maximum atomic E-state index is 12.2. The van der Waals surface area contributed by atoms with Gasteiger partial charge in [-0.2, -0.15) is 0 Å². The van der Waals surface area contributed by atoms with E-state index in [2.05, 4.69) is 27.3 Å². The van der Waals surface area contributed by atoms with Crippen LogP contribution < -0.4 is 5.32 Å². The Balaban J connectivity index is 1.48. The summed E-state index contributed by atoms with van der Waals surface area (Å²) >= 11 is 0. The first-order valence-electron chi connectivity index (χ1n) is 6.73. The highest BCUT2D eigenvalue weighted by Crippen LogP contribution is 2.21. The molecular weight excluding hydrogens is 214 g/mol. The van der Waals surface area contributed by atoms with Crippen molar-refractivity contribution < 1.29 is 4.79 Å². The average molecular weight is 235 g/mol. The molecule has 94 valence electrons.